The monoisotopic (exact) mass is 328 g/mol. The number of carbonyl (C=O) groups is 2. The van der Waals surface area contributed by atoms with Gasteiger partial charge >= 0.3 is 5.97 Å². The molecule has 1 saturated heterocycles. The number of hydrogen-bond donors (Lipinski definition) is 2. The molecule has 1 aromatic carbocycles. The highest BCUT2D eigenvalue weighted by Crippen LogP contribution is 2.12. The first kappa shape index (κ1) is 17.5. The van der Waals surface area contributed by atoms with E-state index >= 15 is 0 Å². The highest BCUT2D eigenvalue weighted by atomic mass is 16.4. The number of benzene rings is 1. The summed E-state index contributed by atoms with van der Waals surface area (Å²) in [5.74, 6) is -1.53. The topological polar surface area (TPSA) is 96.7 Å². The second kappa shape index (κ2) is 8.13. The third kappa shape index (κ3) is 4.57. The highest BCUT2D eigenvalue weighted by molar-refractivity contribution is 6.06. The van der Waals surface area contributed by atoms with Crippen molar-refractivity contribution in [2.24, 2.45) is 0 Å². The summed E-state index contributed by atoms with van der Waals surface area (Å²) >= 11 is 0. The number of amides is 1. The molecular weight excluding hydrogens is 308 g/mol. The van der Waals surface area contributed by atoms with Crippen molar-refractivity contribution in [3.05, 3.63) is 41.6 Å². The fourth-order valence-corrected chi connectivity index (χ4v) is 2.42. The molecule has 1 amide bonds. The summed E-state index contributed by atoms with van der Waals surface area (Å²) in [5.41, 5.74) is 0.613. The Morgan fingerprint density at radius 2 is 1.88 bits per heavy atom. The number of nitriles is 1. The molecule has 24 heavy (non-hydrogen) atoms. The normalized spacial score (nSPS) is 15.7. The second-order valence-corrected chi connectivity index (χ2v) is 5.46. The minimum atomic E-state index is -1.03. The van der Waals surface area contributed by atoms with Crippen molar-refractivity contribution in [1.82, 2.24) is 9.80 Å². The molecule has 126 valence electrons. The van der Waals surface area contributed by atoms with Crippen LogP contribution in [0.3, 0.4) is 0 Å². The van der Waals surface area contributed by atoms with Crippen molar-refractivity contribution in [2.75, 3.05) is 38.0 Å². The number of rotatable bonds is 5. The molecule has 0 aromatic heterocycles. The lowest BCUT2D eigenvalue weighted by atomic mass is 10.2. The van der Waals surface area contributed by atoms with E-state index in [1.807, 2.05) is 11.0 Å². The largest absolute Gasteiger partial charge is 0.478 e. The first-order valence-corrected chi connectivity index (χ1v) is 7.76. The first-order chi connectivity index (χ1) is 11.5. The van der Waals surface area contributed by atoms with E-state index in [1.54, 1.807) is 6.20 Å². The molecule has 1 heterocycles. The Bertz CT molecular complexity index is 668. The number of piperazine rings is 1. The van der Waals surface area contributed by atoms with Gasteiger partial charge in [-0.25, -0.2) is 4.79 Å². The predicted molar refractivity (Wildman–Crippen MR) is 89.4 cm³/mol. The van der Waals surface area contributed by atoms with Crippen LogP contribution in [0.15, 0.2) is 36.0 Å². The second-order valence-electron chi connectivity index (χ2n) is 5.46. The van der Waals surface area contributed by atoms with Gasteiger partial charge in [-0.3, -0.25) is 4.79 Å². The van der Waals surface area contributed by atoms with Crippen LogP contribution >= 0.6 is 0 Å². The molecule has 0 saturated carbocycles. The van der Waals surface area contributed by atoms with Crippen LogP contribution in [-0.2, 0) is 4.79 Å². The predicted octanol–water partition coefficient (Wildman–Crippen LogP) is 1.37. The van der Waals surface area contributed by atoms with Gasteiger partial charge in [-0.1, -0.05) is 6.92 Å². The number of nitrogens with one attached hydrogen (secondary N) is 1. The summed E-state index contributed by atoms with van der Waals surface area (Å²) in [4.78, 5) is 27.3. The number of carbonyl (C=O) groups excluding carboxylic acids is 1. The fraction of sp³-hybridized carbons (Fsp3) is 0.353. The maximum Gasteiger partial charge on any atom is 0.335 e. The number of anilines is 1. The van der Waals surface area contributed by atoms with E-state index in [0.29, 0.717) is 5.69 Å². The smallest absolute Gasteiger partial charge is 0.335 e. The number of likely N-dealkylation sites (N-methyl/N-ethyl adjacent to an activating group) is 1. The van der Waals surface area contributed by atoms with E-state index in [2.05, 4.69) is 17.1 Å². The van der Waals surface area contributed by atoms with E-state index in [9.17, 15) is 14.9 Å². The van der Waals surface area contributed by atoms with Gasteiger partial charge in [-0.15, -0.1) is 0 Å². The average Bonchev–Trinajstić information content (AvgIpc) is 2.60. The van der Waals surface area contributed by atoms with Crippen LogP contribution in [0.2, 0.25) is 0 Å². The molecule has 2 N–H and O–H groups in total. The van der Waals surface area contributed by atoms with Gasteiger partial charge in [-0.05, 0) is 30.8 Å². The maximum atomic E-state index is 12.2. The third-order valence-electron chi connectivity index (χ3n) is 3.92. The average molecular weight is 328 g/mol. The Labute approximate surface area is 140 Å². The van der Waals surface area contributed by atoms with Crippen molar-refractivity contribution in [3.8, 4) is 6.07 Å². The van der Waals surface area contributed by atoms with Crippen LogP contribution in [0.4, 0.5) is 5.69 Å². The molecule has 0 atom stereocenters. The summed E-state index contributed by atoms with van der Waals surface area (Å²) in [7, 11) is 0. The lowest BCUT2D eigenvalue weighted by Gasteiger charge is -2.33. The molecular formula is C17H20N4O3. The summed E-state index contributed by atoms with van der Waals surface area (Å²) < 4.78 is 0. The molecule has 0 spiro atoms. The summed E-state index contributed by atoms with van der Waals surface area (Å²) in [6.45, 7) is 6.47. The molecule has 1 fully saturated rings. The lowest BCUT2D eigenvalue weighted by Crippen LogP contribution is -2.44. The zero-order chi connectivity index (χ0) is 17.5. The van der Waals surface area contributed by atoms with Crippen LogP contribution in [0.1, 0.15) is 17.3 Å². The van der Waals surface area contributed by atoms with Gasteiger partial charge in [0.15, 0.2) is 0 Å². The highest BCUT2D eigenvalue weighted by Gasteiger charge is 2.16. The molecule has 1 aliphatic heterocycles. The molecule has 7 heteroatoms. The van der Waals surface area contributed by atoms with E-state index in [4.69, 9.17) is 5.11 Å². The van der Waals surface area contributed by atoms with Crippen LogP contribution in [0, 0.1) is 11.3 Å². The Balaban J connectivity index is 2.00. The Morgan fingerprint density at radius 3 is 2.38 bits per heavy atom. The molecule has 1 aromatic rings. The molecule has 1 aliphatic rings. The summed E-state index contributed by atoms with van der Waals surface area (Å²) in [6, 6.07) is 7.72. The zero-order valence-corrected chi connectivity index (χ0v) is 13.5. The number of carboxylic acid groups (broad SMARTS) is 1. The van der Waals surface area contributed by atoms with Crippen molar-refractivity contribution in [3.63, 3.8) is 0 Å². The Kier molecular flexibility index (Phi) is 5.93. The Morgan fingerprint density at radius 1 is 1.25 bits per heavy atom. The third-order valence-corrected chi connectivity index (χ3v) is 3.92. The fourth-order valence-electron chi connectivity index (χ4n) is 2.42. The lowest BCUT2D eigenvalue weighted by molar-refractivity contribution is -0.112. The van der Waals surface area contributed by atoms with E-state index in [-0.39, 0.29) is 11.1 Å². The standard InChI is InChI=1S/C17H20N4O3/c1-2-20-7-9-21(10-8-20)12-14(11-18)16(22)19-15-5-3-13(4-6-15)17(23)24/h3-6,12H,2,7-10H2,1H3,(H,19,22)(H,23,24)/b14-12-. The molecule has 7 nitrogen and oxygen atoms in total. The first-order valence-electron chi connectivity index (χ1n) is 7.76. The van der Waals surface area contributed by atoms with Crippen molar-refractivity contribution in [1.29, 1.82) is 5.26 Å². The van der Waals surface area contributed by atoms with Crippen LogP contribution in [0.5, 0.6) is 0 Å². The van der Waals surface area contributed by atoms with Gasteiger partial charge in [0.25, 0.3) is 5.91 Å². The minimum Gasteiger partial charge on any atom is -0.478 e. The molecule has 0 unspecified atom stereocenters. The molecule has 0 aliphatic carbocycles. The number of nitrogens with zero attached hydrogens (tertiary/aromatic N) is 3. The molecule has 0 bridgehead atoms. The number of carboxylic acids is 1. The zero-order valence-electron chi connectivity index (χ0n) is 13.5. The van der Waals surface area contributed by atoms with Crippen LogP contribution < -0.4 is 5.32 Å². The quantitative estimate of drug-likeness (QED) is 0.626. The van der Waals surface area contributed by atoms with Gasteiger partial charge < -0.3 is 20.2 Å². The number of aromatic carboxylic acids is 1. The SMILES string of the molecule is CCN1CCN(/C=C(/C#N)C(=O)Nc2ccc(C(=O)O)cc2)CC1. The van der Waals surface area contributed by atoms with Crippen LogP contribution in [-0.4, -0.2) is 59.5 Å². The maximum absolute atomic E-state index is 12.2. The summed E-state index contributed by atoms with van der Waals surface area (Å²) in [6.07, 6.45) is 1.59. The van der Waals surface area contributed by atoms with Gasteiger partial charge in [0, 0.05) is 38.1 Å². The van der Waals surface area contributed by atoms with E-state index < -0.39 is 11.9 Å². The van der Waals surface area contributed by atoms with Crippen LogP contribution in [0.25, 0.3) is 0 Å². The van der Waals surface area contributed by atoms with Crippen molar-refractivity contribution >= 4 is 17.6 Å². The van der Waals surface area contributed by atoms with Crippen molar-refractivity contribution in [2.45, 2.75) is 6.92 Å². The molecule has 0 radical (unpaired) electrons. The van der Waals surface area contributed by atoms with E-state index in [1.165, 1.54) is 24.3 Å². The van der Waals surface area contributed by atoms with Gasteiger partial charge in [-0.2, -0.15) is 5.26 Å². The summed E-state index contributed by atoms with van der Waals surface area (Å²) in [5, 5.41) is 20.7. The van der Waals surface area contributed by atoms with Crippen molar-refractivity contribution < 1.29 is 14.7 Å². The number of hydrogen-bond acceptors (Lipinski definition) is 5. The van der Waals surface area contributed by atoms with E-state index in [0.717, 1.165) is 32.7 Å². The van der Waals surface area contributed by atoms with Gasteiger partial charge in [0.2, 0.25) is 0 Å². The minimum absolute atomic E-state index is 0.0299. The Hall–Kier alpha value is -2.85. The van der Waals surface area contributed by atoms with Gasteiger partial charge in [0.1, 0.15) is 11.6 Å². The molecule has 2 rings (SSSR count). The van der Waals surface area contributed by atoms with Gasteiger partial charge in [0.05, 0.1) is 5.56 Å².